The Balaban J connectivity index is 2.33. The van der Waals surface area contributed by atoms with Crippen LogP contribution in [0.25, 0.3) is 0 Å². The Morgan fingerprint density at radius 2 is 2.10 bits per heavy atom. The lowest BCUT2D eigenvalue weighted by molar-refractivity contribution is 0.226. The largest absolute Gasteiger partial charge is 0.395 e. The van der Waals surface area contributed by atoms with Gasteiger partial charge in [0.15, 0.2) is 5.03 Å². The van der Waals surface area contributed by atoms with Crippen molar-refractivity contribution in [3.63, 3.8) is 0 Å². The van der Waals surface area contributed by atoms with Crippen molar-refractivity contribution in [3.8, 4) is 0 Å². The highest BCUT2D eigenvalue weighted by atomic mass is 32.2. The molecule has 1 heterocycles. The Bertz CT molecular complexity index is 547. The van der Waals surface area contributed by atoms with Crippen LogP contribution in [-0.2, 0) is 16.6 Å². The molecule has 0 atom stereocenters. The molecule has 20 heavy (non-hydrogen) atoms. The normalized spacial score (nSPS) is 17.2. The molecule has 1 N–H and O–H groups in total. The third kappa shape index (κ3) is 2.89. The van der Waals surface area contributed by atoms with E-state index in [0.717, 1.165) is 25.7 Å². The van der Waals surface area contributed by atoms with E-state index < -0.39 is 10.0 Å². The Hall–Kier alpha value is -0.920. The molecule has 0 aliphatic heterocycles. The number of aryl methyl sites for hydroxylation is 2. The number of rotatable bonds is 6. The maximum Gasteiger partial charge on any atom is 0.262 e. The fourth-order valence-electron chi connectivity index (χ4n) is 2.83. The van der Waals surface area contributed by atoms with Crippen molar-refractivity contribution in [2.24, 2.45) is 0 Å². The Labute approximate surface area is 120 Å². The summed E-state index contributed by atoms with van der Waals surface area (Å²) in [4.78, 5) is 4.18. The van der Waals surface area contributed by atoms with Crippen molar-refractivity contribution in [1.29, 1.82) is 0 Å². The van der Waals surface area contributed by atoms with Gasteiger partial charge < -0.3 is 9.67 Å². The molecule has 6 nitrogen and oxygen atoms in total. The first kappa shape index (κ1) is 15.5. The zero-order chi connectivity index (χ0) is 14.8. The van der Waals surface area contributed by atoms with Crippen molar-refractivity contribution < 1.29 is 13.5 Å². The highest BCUT2D eigenvalue weighted by Gasteiger charge is 2.34. The average Bonchev–Trinajstić information content (AvgIpc) is 3.04. The number of hydrogen-bond acceptors (Lipinski definition) is 4. The van der Waals surface area contributed by atoms with E-state index >= 15 is 0 Å². The highest BCUT2D eigenvalue weighted by molar-refractivity contribution is 7.89. The van der Waals surface area contributed by atoms with Crippen LogP contribution in [0.15, 0.2) is 11.2 Å². The summed E-state index contributed by atoms with van der Waals surface area (Å²) in [6.07, 6.45) is 5.42. The van der Waals surface area contributed by atoms with Crippen LogP contribution in [-0.4, -0.2) is 46.6 Å². The Morgan fingerprint density at radius 1 is 1.45 bits per heavy atom. The first-order chi connectivity index (χ1) is 9.50. The number of sulfonamides is 1. The van der Waals surface area contributed by atoms with Crippen LogP contribution in [0, 0.1) is 6.92 Å². The van der Waals surface area contributed by atoms with Crippen molar-refractivity contribution in [1.82, 2.24) is 13.9 Å². The molecule has 0 bridgehead atoms. The minimum atomic E-state index is -3.62. The first-order valence-corrected chi connectivity index (χ1v) is 8.61. The van der Waals surface area contributed by atoms with Crippen molar-refractivity contribution >= 4 is 10.0 Å². The second kappa shape index (κ2) is 6.24. The summed E-state index contributed by atoms with van der Waals surface area (Å²) in [7, 11) is -3.62. The SMILES string of the molecule is CCn1cc(S(=O)(=O)N(CCO)C2CCCC2)nc1C. The van der Waals surface area contributed by atoms with Crippen molar-refractivity contribution in [2.75, 3.05) is 13.2 Å². The van der Waals surface area contributed by atoms with E-state index in [1.54, 1.807) is 13.1 Å². The van der Waals surface area contributed by atoms with E-state index in [1.807, 2.05) is 11.5 Å². The van der Waals surface area contributed by atoms with E-state index in [4.69, 9.17) is 0 Å². The van der Waals surface area contributed by atoms with Gasteiger partial charge >= 0.3 is 0 Å². The van der Waals surface area contributed by atoms with Crippen molar-refractivity contribution in [2.45, 2.75) is 57.1 Å². The Morgan fingerprint density at radius 3 is 2.60 bits per heavy atom. The van der Waals surface area contributed by atoms with E-state index in [0.29, 0.717) is 12.4 Å². The molecule has 0 saturated heterocycles. The van der Waals surface area contributed by atoms with Crippen LogP contribution in [0.3, 0.4) is 0 Å². The number of hydrogen-bond donors (Lipinski definition) is 1. The van der Waals surface area contributed by atoms with Crippen LogP contribution in [0.1, 0.15) is 38.4 Å². The van der Waals surface area contributed by atoms with Gasteiger partial charge in [0.2, 0.25) is 0 Å². The third-order valence-corrected chi connectivity index (χ3v) is 5.74. The summed E-state index contributed by atoms with van der Waals surface area (Å²) in [5.41, 5.74) is 0. The Kier molecular flexibility index (Phi) is 4.82. The fraction of sp³-hybridized carbons (Fsp3) is 0.769. The minimum Gasteiger partial charge on any atom is -0.395 e. The standard InChI is InChI=1S/C13H23N3O3S/c1-3-15-10-13(14-11(15)2)20(18,19)16(8-9-17)12-6-4-5-7-12/h10,12,17H,3-9H2,1-2H3. The number of aliphatic hydroxyl groups is 1. The van der Waals surface area contributed by atoms with E-state index in [9.17, 15) is 13.5 Å². The molecule has 1 saturated carbocycles. The van der Waals surface area contributed by atoms with E-state index in [1.165, 1.54) is 4.31 Å². The van der Waals surface area contributed by atoms with E-state index in [-0.39, 0.29) is 24.2 Å². The predicted octanol–water partition coefficient (Wildman–Crippen LogP) is 1.14. The van der Waals surface area contributed by atoms with Gasteiger partial charge in [-0.25, -0.2) is 13.4 Å². The maximum atomic E-state index is 12.7. The minimum absolute atomic E-state index is 0.000711. The summed E-state index contributed by atoms with van der Waals surface area (Å²) < 4.78 is 28.7. The van der Waals surface area contributed by atoms with Crippen LogP contribution in [0.4, 0.5) is 0 Å². The van der Waals surface area contributed by atoms with Gasteiger partial charge in [-0.05, 0) is 26.7 Å². The smallest absolute Gasteiger partial charge is 0.262 e. The van der Waals surface area contributed by atoms with Crippen molar-refractivity contribution in [3.05, 3.63) is 12.0 Å². The molecule has 1 aliphatic carbocycles. The zero-order valence-corrected chi connectivity index (χ0v) is 12.9. The topological polar surface area (TPSA) is 75.4 Å². The lowest BCUT2D eigenvalue weighted by atomic mass is 10.2. The van der Waals surface area contributed by atoms with Crippen LogP contribution in [0.5, 0.6) is 0 Å². The molecule has 2 rings (SSSR count). The average molecular weight is 301 g/mol. The van der Waals surface area contributed by atoms with Gasteiger partial charge in [0.1, 0.15) is 5.82 Å². The first-order valence-electron chi connectivity index (χ1n) is 7.17. The third-order valence-electron chi connectivity index (χ3n) is 3.92. The van der Waals surface area contributed by atoms with Gasteiger partial charge in [0.05, 0.1) is 6.61 Å². The quantitative estimate of drug-likeness (QED) is 0.855. The van der Waals surface area contributed by atoms with Gasteiger partial charge in [-0.15, -0.1) is 0 Å². The second-order valence-electron chi connectivity index (χ2n) is 5.19. The number of nitrogens with zero attached hydrogens (tertiary/aromatic N) is 3. The molecule has 1 aromatic heterocycles. The molecule has 0 spiro atoms. The fourth-order valence-corrected chi connectivity index (χ4v) is 4.51. The zero-order valence-electron chi connectivity index (χ0n) is 12.1. The van der Waals surface area contributed by atoms with Gasteiger partial charge in [-0.3, -0.25) is 0 Å². The number of aromatic nitrogens is 2. The summed E-state index contributed by atoms with van der Waals surface area (Å²) in [5, 5.41) is 9.28. The van der Waals surface area contributed by atoms with Gasteiger partial charge in [-0.2, -0.15) is 4.31 Å². The molecular formula is C13H23N3O3S. The number of imidazole rings is 1. The number of aliphatic hydroxyl groups excluding tert-OH is 1. The summed E-state index contributed by atoms with van der Waals surface area (Å²) in [6.45, 7) is 4.42. The monoisotopic (exact) mass is 301 g/mol. The molecule has 1 aromatic rings. The van der Waals surface area contributed by atoms with Crippen LogP contribution < -0.4 is 0 Å². The van der Waals surface area contributed by atoms with E-state index in [2.05, 4.69) is 4.98 Å². The molecule has 114 valence electrons. The van der Waals surface area contributed by atoms with Gasteiger partial charge in [0, 0.05) is 25.3 Å². The molecule has 7 heteroatoms. The lowest BCUT2D eigenvalue weighted by Gasteiger charge is -2.26. The van der Waals surface area contributed by atoms with Gasteiger partial charge in [-0.1, -0.05) is 12.8 Å². The molecule has 0 radical (unpaired) electrons. The molecule has 0 amide bonds. The van der Waals surface area contributed by atoms with Crippen LogP contribution in [0.2, 0.25) is 0 Å². The molecule has 0 unspecified atom stereocenters. The summed E-state index contributed by atoms with van der Waals surface area (Å²) in [5.74, 6) is 0.696. The molecule has 1 aliphatic rings. The predicted molar refractivity (Wildman–Crippen MR) is 75.9 cm³/mol. The highest BCUT2D eigenvalue weighted by Crippen LogP contribution is 2.28. The van der Waals surface area contributed by atoms with Gasteiger partial charge in [0.25, 0.3) is 10.0 Å². The maximum absolute atomic E-state index is 12.7. The molecule has 1 fully saturated rings. The summed E-state index contributed by atoms with van der Waals surface area (Å²) in [6, 6.07) is -0.000711. The van der Waals surface area contributed by atoms with Crippen LogP contribution >= 0.6 is 0 Å². The summed E-state index contributed by atoms with van der Waals surface area (Å²) >= 11 is 0. The molecule has 0 aromatic carbocycles. The lowest BCUT2D eigenvalue weighted by Crippen LogP contribution is -2.40. The second-order valence-corrected chi connectivity index (χ2v) is 7.03. The molecular weight excluding hydrogens is 278 g/mol.